The number of carbonyl (C=O) groups is 4. The Labute approximate surface area is 117 Å². The van der Waals surface area contributed by atoms with E-state index in [4.69, 9.17) is 10.8 Å². The summed E-state index contributed by atoms with van der Waals surface area (Å²) in [5.74, 6) is -1.98. The Morgan fingerprint density at radius 2 is 1.70 bits per heavy atom. The Balaban J connectivity index is 0. The summed E-state index contributed by atoms with van der Waals surface area (Å²) in [6, 6.07) is -0.803. The van der Waals surface area contributed by atoms with Gasteiger partial charge in [-0.05, 0) is 13.8 Å². The van der Waals surface area contributed by atoms with Crippen LogP contribution in [-0.4, -0.2) is 54.5 Å². The lowest BCUT2D eigenvalue weighted by molar-refractivity contribution is -0.143. The molecule has 0 heterocycles. The molecule has 0 aliphatic heterocycles. The molecule has 20 heavy (non-hydrogen) atoms. The van der Waals surface area contributed by atoms with Crippen LogP contribution in [0.25, 0.3) is 0 Å². The van der Waals surface area contributed by atoms with Crippen LogP contribution < -0.4 is 5.73 Å². The van der Waals surface area contributed by atoms with Crippen LogP contribution >= 0.6 is 0 Å². The van der Waals surface area contributed by atoms with Gasteiger partial charge in [0.1, 0.15) is 23.3 Å². The molecule has 0 aromatic carbocycles. The summed E-state index contributed by atoms with van der Waals surface area (Å²) in [6.07, 6.45) is -0.0431. The lowest BCUT2D eigenvalue weighted by atomic mass is 10.2. The Hall–Kier alpha value is -2.09. The SMILES string of the molecule is CN=C(CC(C)=O)C(=O)O.COC(=O)C(N)CC(C)=O. The van der Waals surface area contributed by atoms with Crippen LogP contribution in [0.2, 0.25) is 0 Å². The first kappa shape index (κ1) is 20.2. The largest absolute Gasteiger partial charge is 0.477 e. The first-order valence-corrected chi connectivity index (χ1v) is 5.66. The summed E-state index contributed by atoms with van der Waals surface area (Å²) in [5, 5.41) is 8.34. The van der Waals surface area contributed by atoms with Gasteiger partial charge < -0.3 is 15.6 Å². The summed E-state index contributed by atoms with van der Waals surface area (Å²) >= 11 is 0. The molecular weight excluding hydrogens is 268 g/mol. The molecule has 8 nitrogen and oxygen atoms in total. The number of nitrogens with zero attached hydrogens (tertiary/aromatic N) is 1. The molecule has 0 rings (SSSR count). The van der Waals surface area contributed by atoms with Crippen molar-refractivity contribution in [2.24, 2.45) is 10.7 Å². The van der Waals surface area contributed by atoms with Gasteiger partial charge in [0.05, 0.1) is 13.5 Å². The maximum atomic E-state index is 10.5. The number of esters is 1. The molecule has 0 amide bonds. The van der Waals surface area contributed by atoms with Gasteiger partial charge in [0.2, 0.25) is 0 Å². The van der Waals surface area contributed by atoms with E-state index in [1.54, 1.807) is 0 Å². The summed E-state index contributed by atoms with van der Waals surface area (Å²) in [6.45, 7) is 2.71. The second-order valence-corrected chi connectivity index (χ2v) is 3.89. The van der Waals surface area contributed by atoms with Crippen LogP contribution in [0.15, 0.2) is 4.99 Å². The van der Waals surface area contributed by atoms with Crippen LogP contribution in [0, 0.1) is 0 Å². The van der Waals surface area contributed by atoms with E-state index in [1.807, 2.05) is 0 Å². The van der Waals surface area contributed by atoms with E-state index in [-0.39, 0.29) is 30.1 Å². The number of methoxy groups -OCH3 is 1. The zero-order chi connectivity index (χ0) is 16.3. The molecule has 0 spiro atoms. The highest BCUT2D eigenvalue weighted by Gasteiger charge is 2.14. The summed E-state index contributed by atoms with van der Waals surface area (Å²) in [5.41, 5.74) is 5.14. The van der Waals surface area contributed by atoms with Crippen LogP contribution in [0.5, 0.6) is 0 Å². The highest BCUT2D eigenvalue weighted by atomic mass is 16.5. The Morgan fingerprint density at radius 3 is 1.90 bits per heavy atom. The van der Waals surface area contributed by atoms with Crippen molar-refractivity contribution >= 4 is 29.2 Å². The number of carboxylic acid groups (broad SMARTS) is 1. The lowest BCUT2D eigenvalue weighted by Gasteiger charge is -2.04. The quantitative estimate of drug-likeness (QED) is 0.500. The van der Waals surface area contributed by atoms with Crippen molar-refractivity contribution in [2.75, 3.05) is 14.2 Å². The number of hydrogen-bond acceptors (Lipinski definition) is 7. The second kappa shape index (κ2) is 10.8. The maximum Gasteiger partial charge on any atom is 0.350 e. The summed E-state index contributed by atoms with van der Waals surface area (Å²) < 4.78 is 4.30. The number of carboxylic acids is 1. The van der Waals surface area contributed by atoms with Gasteiger partial charge in [-0.25, -0.2) is 4.79 Å². The van der Waals surface area contributed by atoms with Crippen LogP contribution in [-0.2, 0) is 23.9 Å². The van der Waals surface area contributed by atoms with Gasteiger partial charge in [-0.15, -0.1) is 0 Å². The number of Topliss-reactive ketones (excluding diaryl/α,β-unsaturated/α-hetero) is 2. The van der Waals surface area contributed by atoms with Crippen molar-refractivity contribution in [3.05, 3.63) is 0 Å². The zero-order valence-electron chi connectivity index (χ0n) is 12.0. The van der Waals surface area contributed by atoms with Crippen molar-refractivity contribution < 1.29 is 29.0 Å². The van der Waals surface area contributed by atoms with E-state index in [9.17, 15) is 19.2 Å². The average Bonchev–Trinajstić information content (AvgIpc) is 2.34. The molecule has 0 saturated heterocycles. The third kappa shape index (κ3) is 11.0. The number of nitrogens with two attached hydrogens (primary N) is 1. The highest BCUT2D eigenvalue weighted by Crippen LogP contribution is 1.91. The summed E-state index contributed by atoms with van der Waals surface area (Å²) in [4.78, 5) is 44.9. The third-order valence-electron chi connectivity index (χ3n) is 1.94. The van der Waals surface area contributed by atoms with Crippen molar-refractivity contribution in [3.63, 3.8) is 0 Å². The third-order valence-corrected chi connectivity index (χ3v) is 1.94. The van der Waals surface area contributed by atoms with Gasteiger partial charge in [-0.3, -0.25) is 19.4 Å². The fourth-order valence-corrected chi connectivity index (χ4v) is 1.03. The first-order valence-electron chi connectivity index (χ1n) is 5.66. The van der Waals surface area contributed by atoms with E-state index >= 15 is 0 Å². The van der Waals surface area contributed by atoms with Gasteiger partial charge in [-0.1, -0.05) is 0 Å². The maximum absolute atomic E-state index is 10.5. The van der Waals surface area contributed by atoms with E-state index in [0.29, 0.717) is 0 Å². The molecule has 0 aromatic heterocycles. The second-order valence-electron chi connectivity index (χ2n) is 3.89. The Morgan fingerprint density at radius 1 is 1.20 bits per heavy atom. The predicted molar refractivity (Wildman–Crippen MR) is 71.6 cm³/mol. The molecule has 0 radical (unpaired) electrons. The fourth-order valence-electron chi connectivity index (χ4n) is 1.03. The molecule has 0 saturated carbocycles. The number of carbonyl (C=O) groups excluding carboxylic acids is 3. The monoisotopic (exact) mass is 288 g/mol. The van der Waals surface area contributed by atoms with Crippen molar-refractivity contribution in [2.45, 2.75) is 32.7 Å². The fraction of sp³-hybridized carbons (Fsp3) is 0.583. The Kier molecular flexibility index (Phi) is 10.9. The molecule has 0 aromatic rings. The number of ether oxygens (including phenoxy) is 1. The van der Waals surface area contributed by atoms with Crippen LogP contribution in [0.1, 0.15) is 26.7 Å². The number of hydrogen-bond donors (Lipinski definition) is 2. The number of aliphatic imine (C=N–C) groups is 1. The molecule has 1 unspecified atom stereocenters. The average molecular weight is 288 g/mol. The number of ketones is 2. The van der Waals surface area contributed by atoms with Gasteiger partial charge in [0.25, 0.3) is 0 Å². The predicted octanol–water partition coefficient (Wildman–Crippen LogP) is -0.413. The highest BCUT2D eigenvalue weighted by molar-refractivity contribution is 6.38. The van der Waals surface area contributed by atoms with Gasteiger partial charge >= 0.3 is 11.9 Å². The van der Waals surface area contributed by atoms with Gasteiger partial charge in [-0.2, -0.15) is 0 Å². The smallest absolute Gasteiger partial charge is 0.350 e. The van der Waals surface area contributed by atoms with E-state index in [0.717, 1.165) is 0 Å². The molecule has 0 bridgehead atoms. The zero-order valence-corrected chi connectivity index (χ0v) is 12.0. The minimum absolute atomic E-state index is 0.0483. The van der Waals surface area contributed by atoms with E-state index in [1.165, 1.54) is 28.0 Å². The number of rotatable bonds is 6. The van der Waals surface area contributed by atoms with Crippen LogP contribution in [0.4, 0.5) is 0 Å². The normalized spacial score (nSPS) is 11.8. The molecule has 3 N–H and O–H groups in total. The van der Waals surface area contributed by atoms with E-state index < -0.39 is 18.0 Å². The molecule has 0 aliphatic carbocycles. The van der Waals surface area contributed by atoms with Crippen molar-refractivity contribution in [1.29, 1.82) is 0 Å². The molecule has 114 valence electrons. The van der Waals surface area contributed by atoms with Gasteiger partial charge in [0.15, 0.2) is 0 Å². The minimum Gasteiger partial charge on any atom is -0.477 e. The molecule has 0 aliphatic rings. The lowest BCUT2D eigenvalue weighted by Crippen LogP contribution is -2.33. The first-order chi connectivity index (χ1) is 9.15. The molecule has 1 atom stereocenters. The molecular formula is C12H20N2O6. The van der Waals surface area contributed by atoms with Crippen molar-refractivity contribution in [1.82, 2.24) is 0 Å². The minimum atomic E-state index is -1.13. The van der Waals surface area contributed by atoms with Gasteiger partial charge in [0, 0.05) is 13.5 Å². The van der Waals surface area contributed by atoms with Crippen LogP contribution in [0.3, 0.4) is 0 Å². The van der Waals surface area contributed by atoms with Crippen molar-refractivity contribution in [3.8, 4) is 0 Å². The summed E-state index contributed by atoms with van der Waals surface area (Å²) in [7, 11) is 2.59. The molecule has 0 fully saturated rings. The standard InChI is InChI=1S/C6H11NO3.C6H9NO3/c1-4(8)3-5(7)6(9)10-2;1-4(8)3-5(7-2)6(9)10/h5H,3,7H2,1-2H3;3H2,1-2H3,(H,9,10). The van der Waals surface area contributed by atoms with E-state index in [2.05, 4.69) is 9.73 Å². The topological polar surface area (TPSA) is 136 Å². The molecule has 8 heteroatoms. The Bertz CT molecular complexity index is 403. The number of aliphatic carboxylic acids is 1.